The van der Waals surface area contributed by atoms with E-state index in [1.807, 2.05) is 6.08 Å². The quantitative estimate of drug-likeness (QED) is 0.314. The van der Waals surface area contributed by atoms with E-state index in [1.54, 1.807) is 0 Å². The molecule has 0 fully saturated rings. The van der Waals surface area contributed by atoms with Crippen LogP contribution in [0.1, 0.15) is 6.42 Å². The predicted octanol–water partition coefficient (Wildman–Crippen LogP) is 4.36. The molecule has 0 bridgehead atoms. The smallest absolute Gasteiger partial charge is 0.281 e. The van der Waals surface area contributed by atoms with Crippen molar-refractivity contribution in [1.29, 1.82) is 0 Å². The summed E-state index contributed by atoms with van der Waals surface area (Å²) in [6.45, 7) is 17.2. The van der Waals surface area contributed by atoms with E-state index < -0.39 is 6.15 Å². The predicted molar refractivity (Wildman–Crippen MR) is 167 cm³/mol. The van der Waals surface area contributed by atoms with Crippen molar-refractivity contribution in [2.45, 2.75) is 6.42 Å². The number of carbonyl (C=O) groups excluding carboxylic acids is 3. The summed E-state index contributed by atoms with van der Waals surface area (Å²) >= 11 is 2.06. The Hall–Kier alpha value is -4.40. The molecule has 0 spiro atoms. The molecule has 5 rings (SSSR count). The first-order valence-corrected chi connectivity index (χ1v) is 13.6. The largest absolute Gasteiger partial charge is 0.281 e. The molecule has 4 aromatic rings. The van der Waals surface area contributed by atoms with Crippen molar-refractivity contribution in [3.8, 4) is 0 Å². The first kappa shape index (κ1) is 34.6. The average molecular weight is 616 g/mol. The number of rotatable bonds is 5. The van der Waals surface area contributed by atoms with Gasteiger partial charge in [0, 0.05) is 0 Å². The Morgan fingerprint density at radius 1 is 0.561 bits per heavy atom. The monoisotopic (exact) mass is 618 g/mol. The van der Waals surface area contributed by atoms with E-state index in [2.05, 4.69) is 192 Å². The van der Waals surface area contributed by atoms with Gasteiger partial charge in [-0.15, -0.1) is 0 Å². The third-order valence-electron chi connectivity index (χ3n) is 6.57. The first-order chi connectivity index (χ1) is 20.3. The molecule has 5 heteroatoms. The summed E-state index contributed by atoms with van der Waals surface area (Å²) in [5.74, 6) is 0. The molecule has 0 heterocycles. The van der Waals surface area contributed by atoms with Crippen molar-refractivity contribution in [3.63, 3.8) is 0 Å². The average Bonchev–Trinajstić information content (AvgIpc) is 3.30. The zero-order chi connectivity index (χ0) is 30.3. The Kier molecular flexibility index (Phi) is 17.3. The van der Waals surface area contributed by atoms with Crippen molar-refractivity contribution in [3.05, 3.63) is 168 Å². The summed E-state index contributed by atoms with van der Waals surface area (Å²) in [6.07, 6.45) is 10.1. The molecule has 0 amide bonds. The van der Waals surface area contributed by atoms with Crippen LogP contribution in [0.4, 0.5) is 0 Å². The van der Waals surface area contributed by atoms with Crippen molar-refractivity contribution in [1.82, 2.24) is 0 Å². The zero-order valence-electron chi connectivity index (χ0n) is 22.6. The van der Waals surface area contributed by atoms with E-state index in [9.17, 15) is 0 Å². The van der Waals surface area contributed by atoms with Gasteiger partial charge in [0.1, 0.15) is 6.15 Å². The third-order valence-corrected chi connectivity index (χ3v) is 7.56. The SMILES string of the molecule is C=CC1=[C]([Mo])CC=CC=C1.[C]=O.[C]=O.[C]=O.c1ccc([B-](c2ccccc2)(c2ccccc2)c2ccccc2)cc1. The molecule has 0 saturated carbocycles. The van der Waals surface area contributed by atoms with Crippen LogP contribution in [0.15, 0.2) is 168 Å². The third kappa shape index (κ3) is 9.34. The molecule has 201 valence electrons. The Balaban J connectivity index is 0.000000441. The van der Waals surface area contributed by atoms with Gasteiger partial charge in [0.25, 0.3) is 20.4 Å². The standard InChI is InChI=1S/C24H20B.C9H9.3CO.Mo/c1-5-13-21(14-6-1)25(22-15-7-2-8-16-22,23-17-9-3-10-18-23)24-19-11-4-12-20-24;1-2-9-7-5-3-4-6-8-9;3*1-2;/h1-20H;2-5,7H,1,6H2;;;;/q-1;;;;;. The van der Waals surface area contributed by atoms with Crippen LogP contribution in [0.2, 0.25) is 0 Å². The van der Waals surface area contributed by atoms with E-state index in [0.29, 0.717) is 0 Å². The molecular formula is C36H29BMoO3-. The molecule has 6 radical (unpaired) electrons. The molecule has 41 heavy (non-hydrogen) atoms. The van der Waals surface area contributed by atoms with Crippen LogP contribution < -0.4 is 21.9 Å². The summed E-state index contributed by atoms with van der Waals surface area (Å²) in [5, 5.41) is 0. The van der Waals surface area contributed by atoms with E-state index in [4.69, 9.17) is 14.4 Å². The normalized spacial score (nSPS) is 11.3. The Morgan fingerprint density at radius 2 is 0.878 bits per heavy atom. The molecule has 1 aliphatic carbocycles. The Morgan fingerprint density at radius 3 is 1.17 bits per heavy atom. The van der Waals surface area contributed by atoms with Gasteiger partial charge in [0.15, 0.2) is 0 Å². The molecule has 4 aromatic carbocycles. The Bertz CT molecular complexity index is 1200. The molecule has 0 aromatic heterocycles. The van der Waals surface area contributed by atoms with Crippen molar-refractivity contribution in [2.75, 3.05) is 0 Å². The van der Waals surface area contributed by atoms with Gasteiger partial charge in [0.05, 0.1) is 0 Å². The van der Waals surface area contributed by atoms with Crippen LogP contribution in [-0.2, 0) is 34.2 Å². The molecule has 0 N–H and O–H groups in total. The number of hydrogen-bond donors (Lipinski definition) is 0. The summed E-state index contributed by atoms with van der Waals surface area (Å²) in [7, 11) is 0. The molecule has 3 nitrogen and oxygen atoms in total. The zero-order valence-corrected chi connectivity index (χ0v) is 24.6. The van der Waals surface area contributed by atoms with Gasteiger partial charge in [-0.1, -0.05) is 121 Å². The van der Waals surface area contributed by atoms with Crippen molar-refractivity contribution >= 4 is 48.4 Å². The molecule has 0 atom stereocenters. The molecule has 0 unspecified atom stereocenters. The second kappa shape index (κ2) is 20.5. The first-order valence-electron chi connectivity index (χ1n) is 12.6. The van der Waals surface area contributed by atoms with Gasteiger partial charge in [-0.3, -0.25) is 14.4 Å². The van der Waals surface area contributed by atoms with Gasteiger partial charge in [-0.2, -0.15) is 21.9 Å². The fourth-order valence-electron chi connectivity index (χ4n) is 4.93. The van der Waals surface area contributed by atoms with E-state index >= 15 is 0 Å². The van der Waals surface area contributed by atoms with Crippen molar-refractivity contribution in [2.24, 2.45) is 0 Å². The minimum absolute atomic E-state index is 1.05. The molecule has 1 aliphatic rings. The van der Waals surface area contributed by atoms with Crippen LogP contribution >= 0.6 is 0 Å². The van der Waals surface area contributed by atoms with Gasteiger partial charge in [0.2, 0.25) is 0 Å². The fraction of sp³-hybridized carbons (Fsp3) is 0.0278. The second-order valence-corrected chi connectivity index (χ2v) is 9.79. The topological polar surface area (TPSA) is 51.2 Å². The second-order valence-electron chi connectivity index (χ2n) is 8.58. The van der Waals surface area contributed by atoms with E-state index in [1.165, 1.54) is 31.4 Å². The van der Waals surface area contributed by atoms with E-state index in [-0.39, 0.29) is 0 Å². The molecular weight excluding hydrogens is 587 g/mol. The minimum atomic E-state index is -1.22. The number of benzene rings is 4. The summed E-state index contributed by atoms with van der Waals surface area (Å²) in [4.78, 5) is 22.5. The van der Waals surface area contributed by atoms with E-state index in [0.717, 1.165) is 6.42 Å². The summed E-state index contributed by atoms with van der Waals surface area (Å²) < 4.78 is 1.40. The maximum Gasteiger partial charge on any atom is 0.281 e. The van der Waals surface area contributed by atoms with Crippen molar-refractivity contribution < 1.29 is 34.2 Å². The summed E-state index contributed by atoms with van der Waals surface area (Å²) in [5.41, 5.74) is 6.62. The summed E-state index contributed by atoms with van der Waals surface area (Å²) in [6, 6.07) is 43.5. The minimum Gasteiger partial charge on any atom is -0.281 e. The molecule has 0 saturated heterocycles. The van der Waals surface area contributed by atoms with Gasteiger partial charge >= 0.3 is 72.7 Å². The fourth-order valence-corrected chi connectivity index (χ4v) is 5.54. The van der Waals surface area contributed by atoms with Gasteiger partial charge in [-0.05, 0) is 0 Å². The maximum atomic E-state index is 7.50. The van der Waals surface area contributed by atoms with Crippen LogP contribution in [0.5, 0.6) is 0 Å². The molecule has 0 aliphatic heterocycles. The van der Waals surface area contributed by atoms with Crippen LogP contribution in [-0.4, -0.2) is 26.5 Å². The van der Waals surface area contributed by atoms with Crippen LogP contribution in [0, 0.1) is 0 Å². The Labute approximate surface area is 255 Å². The van der Waals surface area contributed by atoms with Crippen LogP contribution in [0.3, 0.4) is 0 Å². The van der Waals surface area contributed by atoms with Crippen LogP contribution in [0.25, 0.3) is 0 Å². The van der Waals surface area contributed by atoms with Gasteiger partial charge < -0.3 is 0 Å². The van der Waals surface area contributed by atoms with Gasteiger partial charge in [-0.25, -0.2) is 0 Å². The maximum absolute atomic E-state index is 7.50. The number of allylic oxidation sites excluding steroid dienone is 7. The number of hydrogen-bond acceptors (Lipinski definition) is 3.